The van der Waals surface area contributed by atoms with Gasteiger partial charge in [-0.25, -0.2) is 9.97 Å². The number of thioether (sulfide) groups is 1. The highest BCUT2D eigenvalue weighted by molar-refractivity contribution is 8.00. The third-order valence-electron chi connectivity index (χ3n) is 5.37. The number of aromatic nitrogens is 2. The number of benzene rings is 2. The summed E-state index contributed by atoms with van der Waals surface area (Å²) in [5, 5.41) is 1.87. The van der Waals surface area contributed by atoms with Gasteiger partial charge in [-0.05, 0) is 18.6 Å². The molecule has 7 heteroatoms. The summed E-state index contributed by atoms with van der Waals surface area (Å²) in [4.78, 5) is 26.7. The minimum atomic E-state index is 0.119. The predicted molar refractivity (Wildman–Crippen MR) is 124 cm³/mol. The van der Waals surface area contributed by atoms with Crippen molar-refractivity contribution >= 4 is 28.6 Å². The quantitative estimate of drug-likeness (QED) is 0.397. The molecule has 1 aliphatic rings. The van der Waals surface area contributed by atoms with Crippen LogP contribution in [0.25, 0.3) is 10.9 Å². The van der Waals surface area contributed by atoms with Gasteiger partial charge in [-0.1, -0.05) is 60.3 Å². The summed E-state index contributed by atoms with van der Waals surface area (Å²) in [6, 6.07) is 18.1. The van der Waals surface area contributed by atoms with Crippen molar-refractivity contribution in [1.82, 2.24) is 19.8 Å². The fourth-order valence-corrected chi connectivity index (χ4v) is 4.58. The Morgan fingerprint density at radius 1 is 1.06 bits per heavy atom. The summed E-state index contributed by atoms with van der Waals surface area (Å²) in [5.74, 6) is 1.28. The second-order valence-corrected chi connectivity index (χ2v) is 8.50. The second kappa shape index (κ2) is 10.7. The van der Waals surface area contributed by atoms with Gasteiger partial charge in [0.15, 0.2) is 0 Å². The lowest BCUT2D eigenvalue weighted by atomic mass is 10.2. The van der Waals surface area contributed by atoms with Gasteiger partial charge >= 0.3 is 0 Å². The Hall–Kier alpha value is -2.48. The van der Waals surface area contributed by atoms with Crippen molar-refractivity contribution in [2.75, 3.05) is 38.6 Å². The molecule has 1 aliphatic heterocycles. The Kier molecular flexibility index (Phi) is 7.51. The number of morpholine rings is 1. The van der Waals surface area contributed by atoms with Crippen LogP contribution in [0.4, 0.5) is 0 Å². The summed E-state index contributed by atoms with van der Waals surface area (Å²) in [6.07, 6.45) is 0. The Morgan fingerprint density at radius 3 is 2.58 bits per heavy atom. The minimum absolute atomic E-state index is 0.119. The van der Waals surface area contributed by atoms with E-state index in [1.165, 1.54) is 11.8 Å². The van der Waals surface area contributed by atoms with E-state index in [4.69, 9.17) is 14.7 Å². The van der Waals surface area contributed by atoms with E-state index < -0.39 is 0 Å². The molecule has 1 aromatic heterocycles. The highest BCUT2D eigenvalue weighted by Crippen LogP contribution is 2.26. The summed E-state index contributed by atoms with van der Waals surface area (Å²) in [6.45, 7) is 7.31. The van der Waals surface area contributed by atoms with Crippen LogP contribution >= 0.6 is 11.8 Å². The van der Waals surface area contributed by atoms with Gasteiger partial charge < -0.3 is 9.64 Å². The Morgan fingerprint density at radius 2 is 1.81 bits per heavy atom. The van der Waals surface area contributed by atoms with Crippen molar-refractivity contribution in [1.29, 1.82) is 0 Å². The Balaban J connectivity index is 1.47. The number of para-hydroxylation sites is 1. The van der Waals surface area contributed by atoms with E-state index in [2.05, 4.69) is 17.0 Å². The van der Waals surface area contributed by atoms with Crippen LogP contribution in [-0.2, 0) is 22.6 Å². The topological polar surface area (TPSA) is 58.6 Å². The number of rotatable bonds is 8. The van der Waals surface area contributed by atoms with Crippen LogP contribution in [0.5, 0.6) is 0 Å². The van der Waals surface area contributed by atoms with E-state index in [1.807, 2.05) is 54.3 Å². The first kappa shape index (κ1) is 21.7. The highest BCUT2D eigenvalue weighted by Gasteiger charge is 2.17. The molecule has 4 rings (SSSR count). The molecule has 2 aromatic carbocycles. The van der Waals surface area contributed by atoms with Crippen molar-refractivity contribution in [3.05, 3.63) is 66.0 Å². The van der Waals surface area contributed by atoms with Crippen LogP contribution < -0.4 is 0 Å². The van der Waals surface area contributed by atoms with Crippen molar-refractivity contribution in [2.24, 2.45) is 0 Å². The average Bonchev–Trinajstić information content (AvgIpc) is 2.82. The standard InChI is InChI=1S/C24H28N4O2S/c1-2-28(16-19-8-4-3-5-9-19)23(29)18-31-24-20-10-6-7-11-21(20)25-22(26-24)17-27-12-14-30-15-13-27/h3-11H,2,12-18H2,1H3. The molecule has 0 saturated carbocycles. The number of amides is 1. The van der Waals surface area contributed by atoms with Crippen LogP contribution in [0.1, 0.15) is 18.3 Å². The molecular formula is C24H28N4O2S. The molecule has 0 aliphatic carbocycles. The molecule has 2 heterocycles. The maximum atomic E-state index is 12.9. The average molecular weight is 437 g/mol. The monoisotopic (exact) mass is 436 g/mol. The minimum Gasteiger partial charge on any atom is -0.379 e. The molecule has 0 unspecified atom stereocenters. The van der Waals surface area contributed by atoms with E-state index in [0.717, 1.165) is 53.6 Å². The Bertz CT molecular complexity index is 1010. The number of carbonyl (C=O) groups excluding carboxylic acids is 1. The fourth-order valence-electron chi connectivity index (χ4n) is 3.64. The fraction of sp³-hybridized carbons (Fsp3) is 0.375. The van der Waals surface area contributed by atoms with Crippen molar-refractivity contribution in [2.45, 2.75) is 25.0 Å². The van der Waals surface area contributed by atoms with Crippen LogP contribution in [0.2, 0.25) is 0 Å². The van der Waals surface area contributed by atoms with Gasteiger partial charge in [0.1, 0.15) is 10.9 Å². The van der Waals surface area contributed by atoms with Gasteiger partial charge in [-0.3, -0.25) is 9.69 Å². The summed E-state index contributed by atoms with van der Waals surface area (Å²) in [7, 11) is 0. The van der Waals surface area contributed by atoms with Crippen LogP contribution in [-0.4, -0.2) is 64.3 Å². The second-order valence-electron chi connectivity index (χ2n) is 7.53. The smallest absolute Gasteiger partial charge is 0.233 e. The van der Waals surface area contributed by atoms with E-state index in [9.17, 15) is 4.79 Å². The summed E-state index contributed by atoms with van der Waals surface area (Å²) in [5.41, 5.74) is 2.07. The molecule has 1 saturated heterocycles. The van der Waals surface area contributed by atoms with Gasteiger partial charge in [0.05, 0.1) is 31.0 Å². The van der Waals surface area contributed by atoms with Gasteiger partial charge in [-0.15, -0.1) is 0 Å². The molecule has 0 N–H and O–H groups in total. The van der Waals surface area contributed by atoms with Crippen molar-refractivity contribution < 1.29 is 9.53 Å². The van der Waals surface area contributed by atoms with Crippen LogP contribution in [0, 0.1) is 0 Å². The number of hydrogen-bond donors (Lipinski definition) is 0. The van der Waals surface area contributed by atoms with Crippen molar-refractivity contribution in [3.63, 3.8) is 0 Å². The van der Waals surface area contributed by atoms with E-state index in [0.29, 0.717) is 25.4 Å². The van der Waals surface area contributed by atoms with Gasteiger partial charge in [0, 0.05) is 31.6 Å². The molecule has 1 amide bonds. The van der Waals surface area contributed by atoms with Gasteiger partial charge in [0.25, 0.3) is 0 Å². The zero-order valence-corrected chi connectivity index (χ0v) is 18.7. The first-order chi connectivity index (χ1) is 15.2. The summed E-state index contributed by atoms with van der Waals surface area (Å²) >= 11 is 1.50. The largest absolute Gasteiger partial charge is 0.379 e. The molecule has 6 nitrogen and oxygen atoms in total. The maximum Gasteiger partial charge on any atom is 0.233 e. The zero-order chi connectivity index (χ0) is 21.5. The van der Waals surface area contributed by atoms with Gasteiger partial charge in [0.2, 0.25) is 5.91 Å². The normalized spacial score (nSPS) is 14.6. The highest BCUT2D eigenvalue weighted by atomic mass is 32.2. The number of ether oxygens (including phenoxy) is 1. The number of nitrogens with zero attached hydrogens (tertiary/aromatic N) is 4. The first-order valence-electron chi connectivity index (χ1n) is 10.7. The lowest BCUT2D eigenvalue weighted by Gasteiger charge is -2.26. The molecule has 162 valence electrons. The Labute approximate surface area is 187 Å². The molecule has 0 bridgehead atoms. The molecule has 0 atom stereocenters. The zero-order valence-electron chi connectivity index (χ0n) is 17.9. The van der Waals surface area contributed by atoms with E-state index in [1.54, 1.807) is 0 Å². The third-order valence-corrected chi connectivity index (χ3v) is 6.34. The van der Waals surface area contributed by atoms with Crippen LogP contribution in [0.3, 0.4) is 0 Å². The number of carbonyl (C=O) groups is 1. The van der Waals surface area contributed by atoms with E-state index >= 15 is 0 Å². The molecule has 0 radical (unpaired) electrons. The lowest BCUT2D eigenvalue weighted by Crippen LogP contribution is -2.36. The molecule has 1 fully saturated rings. The lowest BCUT2D eigenvalue weighted by molar-refractivity contribution is -0.128. The molecule has 31 heavy (non-hydrogen) atoms. The number of hydrogen-bond acceptors (Lipinski definition) is 6. The third kappa shape index (κ3) is 5.81. The first-order valence-corrected chi connectivity index (χ1v) is 11.7. The number of fused-ring (bicyclic) bond motifs is 1. The predicted octanol–water partition coefficient (Wildman–Crippen LogP) is 3.60. The van der Waals surface area contributed by atoms with Crippen LogP contribution in [0.15, 0.2) is 59.6 Å². The molecule has 0 spiro atoms. The van der Waals surface area contributed by atoms with Gasteiger partial charge in [-0.2, -0.15) is 0 Å². The maximum absolute atomic E-state index is 12.9. The summed E-state index contributed by atoms with van der Waals surface area (Å²) < 4.78 is 5.44. The SMILES string of the molecule is CCN(Cc1ccccc1)C(=O)CSc1nc(CN2CCOCC2)nc2ccccc12. The molecule has 3 aromatic rings. The van der Waals surface area contributed by atoms with Crippen molar-refractivity contribution in [3.8, 4) is 0 Å². The van der Waals surface area contributed by atoms with E-state index in [-0.39, 0.29) is 5.91 Å². The molecular weight excluding hydrogens is 408 g/mol.